The van der Waals surface area contributed by atoms with Crippen LogP contribution < -0.4 is 9.64 Å². The van der Waals surface area contributed by atoms with E-state index in [9.17, 15) is 4.79 Å². The number of anilines is 1. The molecule has 0 bridgehead atoms. The van der Waals surface area contributed by atoms with Gasteiger partial charge >= 0.3 is 0 Å². The van der Waals surface area contributed by atoms with Crippen LogP contribution >= 0.6 is 0 Å². The van der Waals surface area contributed by atoms with Crippen LogP contribution in [0.25, 0.3) is 0 Å². The standard InChI is InChI=1S/C17H22N4O2/c1-12-9-15(18-20(12)4)17(22)21-7-8-23-16-6-5-14(19(2)3)10-13(16)11-21/h5-6,9-10H,7-8,11H2,1-4H3. The van der Waals surface area contributed by atoms with Crippen LogP contribution in [0.1, 0.15) is 21.7 Å². The molecule has 0 unspecified atom stereocenters. The lowest BCUT2D eigenvalue weighted by Crippen LogP contribution is -2.32. The maximum absolute atomic E-state index is 12.7. The van der Waals surface area contributed by atoms with Crippen molar-refractivity contribution in [3.8, 4) is 5.75 Å². The van der Waals surface area contributed by atoms with Gasteiger partial charge in [0.1, 0.15) is 12.4 Å². The summed E-state index contributed by atoms with van der Waals surface area (Å²) in [4.78, 5) is 16.6. The van der Waals surface area contributed by atoms with Crippen LogP contribution in [0.2, 0.25) is 0 Å². The number of ether oxygens (including phenoxy) is 1. The van der Waals surface area contributed by atoms with Crippen LogP contribution in [0.5, 0.6) is 5.75 Å². The number of carbonyl (C=O) groups excluding carboxylic acids is 1. The normalized spacial score (nSPS) is 14.0. The van der Waals surface area contributed by atoms with Gasteiger partial charge in [-0.1, -0.05) is 0 Å². The van der Waals surface area contributed by atoms with Crippen molar-refractivity contribution < 1.29 is 9.53 Å². The molecule has 2 heterocycles. The molecule has 1 aliphatic heterocycles. The highest BCUT2D eigenvalue weighted by molar-refractivity contribution is 5.92. The van der Waals surface area contributed by atoms with E-state index < -0.39 is 0 Å². The number of carbonyl (C=O) groups is 1. The van der Waals surface area contributed by atoms with Gasteiger partial charge in [-0.2, -0.15) is 5.10 Å². The zero-order chi connectivity index (χ0) is 16.6. The van der Waals surface area contributed by atoms with Crippen molar-refractivity contribution in [2.24, 2.45) is 7.05 Å². The Morgan fingerprint density at radius 3 is 2.74 bits per heavy atom. The van der Waals surface area contributed by atoms with E-state index in [1.807, 2.05) is 51.2 Å². The van der Waals surface area contributed by atoms with Gasteiger partial charge in [0.2, 0.25) is 0 Å². The molecule has 0 spiro atoms. The Morgan fingerprint density at radius 2 is 2.09 bits per heavy atom. The van der Waals surface area contributed by atoms with Crippen LogP contribution in [-0.4, -0.2) is 47.8 Å². The summed E-state index contributed by atoms with van der Waals surface area (Å²) in [5.74, 6) is 0.795. The number of hydrogen-bond acceptors (Lipinski definition) is 4. The van der Waals surface area contributed by atoms with E-state index >= 15 is 0 Å². The maximum atomic E-state index is 12.7. The van der Waals surface area contributed by atoms with Crippen LogP contribution in [-0.2, 0) is 13.6 Å². The predicted molar refractivity (Wildman–Crippen MR) is 88.9 cm³/mol. The fourth-order valence-electron chi connectivity index (χ4n) is 2.66. The highest BCUT2D eigenvalue weighted by Crippen LogP contribution is 2.28. The lowest BCUT2D eigenvalue weighted by atomic mass is 10.1. The maximum Gasteiger partial charge on any atom is 0.274 e. The number of amides is 1. The van der Waals surface area contributed by atoms with Crippen LogP contribution in [0.15, 0.2) is 24.3 Å². The minimum Gasteiger partial charge on any atom is -0.491 e. The number of aromatic nitrogens is 2. The molecule has 0 saturated heterocycles. The van der Waals surface area contributed by atoms with Crippen LogP contribution in [0.4, 0.5) is 5.69 Å². The number of rotatable bonds is 2. The molecule has 1 aromatic heterocycles. The van der Waals surface area contributed by atoms with E-state index in [1.54, 1.807) is 9.58 Å². The van der Waals surface area contributed by atoms with Gasteiger partial charge in [-0.3, -0.25) is 9.48 Å². The summed E-state index contributed by atoms with van der Waals surface area (Å²) in [7, 11) is 5.84. The van der Waals surface area contributed by atoms with Gasteiger partial charge in [0.25, 0.3) is 5.91 Å². The number of nitrogens with zero attached hydrogens (tertiary/aromatic N) is 4. The first-order chi connectivity index (χ1) is 11.0. The summed E-state index contributed by atoms with van der Waals surface area (Å²) < 4.78 is 7.51. The Balaban J connectivity index is 1.87. The molecule has 6 nitrogen and oxygen atoms in total. The average molecular weight is 314 g/mol. The third kappa shape index (κ3) is 3.02. The van der Waals surface area contributed by atoms with Gasteiger partial charge in [-0.05, 0) is 31.2 Å². The molecule has 2 aromatic rings. The monoisotopic (exact) mass is 314 g/mol. The summed E-state index contributed by atoms with van der Waals surface area (Å²) >= 11 is 0. The number of hydrogen-bond donors (Lipinski definition) is 0. The Labute approximate surface area is 136 Å². The van der Waals surface area contributed by atoms with Crippen molar-refractivity contribution in [2.75, 3.05) is 32.1 Å². The number of benzene rings is 1. The molecule has 0 aliphatic carbocycles. The zero-order valence-electron chi connectivity index (χ0n) is 14.0. The second kappa shape index (κ2) is 5.95. The molecule has 0 N–H and O–H groups in total. The summed E-state index contributed by atoms with van der Waals surface area (Å²) in [6.45, 7) is 3.52. The number of aryl methyl sites for hydroxylation is 2. The van der Waals surface area contributed by atoms with Gasteiger partial charge in [-0.25, -0.2) is 0 Å². The average Bonchev–Trinajstić information content (AvgIpc) is 2.74. The van der Waals surface area contributed by atoms with E-state index in [0.29, 0.717) is 25.4 Å². The fraction of sp³-hybridized carbons (Fsp3) is 0.412. The van der Waals surface area contributed by atoms with Gasteiger partial charge in [-0.15, -0.1) is 0 Å². The second-order valence-electron chi connectivity index (χ2n) is 6.06. The van der Waals surface area contributed by atoms with E-state index in [4.69, 9.17) is 4.74 Å². The van der Waals surface area contributed by atoms with Crippen molar-refractivity contribution in [2.45, 2.75) is 13.5 Å². The zero-order valence-corrected chi connectivity index (χ0v) is 14.0. The smallest absolute Gasteiger partial charge is 0.274 e. The van der Waals surface area contributed by atoms with Gasteiger partial charge in [0.05, 0.1) is 6.54 Å². The minimum absolute atomic E-state index is 0.0552. The third-order valence-electron chi connectivity index (χ3n) is 4.16. The molecule has 122 valence electrons. The highest BCUT2D eigenvalue weighted by atomic mass is 16.5. The Morgan fingerprint density at radius 1 is 1.30 bits per heavy atom. The highest BCUT2D eigenvalue weighted by Gasteiger charge is 2.23. The molecule has 1 aliphatic rings. The van der Waals surface area contributed by atoms with Crippen LogP contribution in [0.3, 0.4) is 0 Å². The topological polar surface area (TPSA) is 50.6 Å². The summed E-state index contributed by atoms with van der Waals surface area (Å²) in [5.41, 5.74) is 3.57. The Bertz CT molecular complexity index is 717. The van der Waals surface area contributed by atoms with Gasteiger partial charge in [0.15, 0.2) is 5.69 Å². The molecule has 1 aromatic carbocycles. The molecule has 1 amide bonds. The van der Waals surface area contributed by atoms with E-state index in [1.165, 1.54) is 0 Å². The van der Waals surface area contributed by atoms with E-state index in [0.717, 1.165) is 22.7 Å². The minimum atomic E-state index is -0.0552. The molecule has 0 radical (unpaired) electrons. The van der Waals surface area contributed by atoms with Crippen molar-refractivity contribution in [1.82, 2.24) is 14.7 Å². The molecular formula is C17H22N4O2. The molecule has 6 heteroatoms. The van der Waals surface area contributed by atoms with Crippen LogP contribution in [0, 0.1) is 6.92 Å². The molecule has 3 rings (SSSR count). The largest absolute Gasteiger partial charge is 0.491 e. The lowest BCUT2D eigenvalue weighted by molar-refractivity contribution is 0.0726. The first-order valence-electron chi connectivity index (χ1n) is 7.68. The fourth-order valence-corrected chi connectivity index (χ4v) is 2.66. The number of fused-ring (bicyclic) bond motifs is 1. The SMILES string of the molecule is Cc1cc(C(=O)N2CCOc3ccc(N(C)C)cc3C2)nn1C. The molecular weight excluding hydrogens is 292 g/mol. The Kier molecular flexibility index (Phi) is 3.98. The summed E-state index contributed by atoms with van der Waals surface area (Å²) in [5, 5.41) is 4.29. The van der Waals surface area contributed by atoms with Gasteiger partial charge in [0, 0.05) is 44.6 Å². The molecule has 0 saturated carbocycles. The van der Waals surface area contributed by atoms with Crippen molar-refractivity contribution in [1.29, 1.82) is 0 Å². The summed E-state index contributed by atoms with van der Waals surface area (Å²) in [6.07, 6.45) is 0. The predicted octanol–water partition coefficient (Wildman–Crippen LogP) is 1.83. The van der Waals surface area contributed by atoms with Crippen molar-refractivity contribution in [3.63, 3.8) is 0 Å². The second-order valence-corrected chi connectivity index (χ2v) is 6.06. The van der Waals surface area contributed by atoms with E-state index in [2.05, 4.69) is 11.2 Å². The molecule has 23 heavy (non-hydrogen) atoms. The molecule has 0 fully saturated rings. The lowest BCUT2D eigenvalue weighted by Gasteiger charge is -2.19. The van der Waals surface area contributed by atoms with E-state index in [-0.39, 0.29) is 5.91 Å². The molecule has 0 atom stereocenters. The first-order valence-corrected chi connectivity index (χ1v) is 7.68. The first kappa shape index (κ1) is 15.4. The third-order valence-corrected chi connectivity index (χ3v) is 4.16. The van der Waals surface area contributed by atoms with Crippen molar-refractivity contribution in [3.05, 3.63) is 41.2 Å². The van der Waals surface area contributed by atoms with Crippen molar-refractivity contribution >= 4 is 11.6 Å². The van der Waals surface area contributed by atoms with Gasteiger partial charge < -0.3 is 14.5 Å². The summed E-state index contributed by atoms with van der Waals surface area (Å²) in [6, 6.07) is 7.90. The Hall–Kier alpha value is -2.50. The quantitative estimate of drug-likeness (QED) is 0.848.